The van der Waals surface area contributed by atoms with Crippen molar-refractivity contribution in [3.63, 3.8) is 0 Å². The highest BCUT2D eigenvalue weighted by Crippen LogP contribution is 2.10. The molecule has 2 heterocycles. The zero-order valence-corrected chi connectivity index (χ0v) is 14.3. The lowest BCUT2D eigenvalue weighted by Crippen LogP contribution is -2.15. The molecular formula is C11H8Br2Cl2N2O2. The van der Waals surface area contributed by atoms with Gasteiger partial charge in [0.05, 0.1) is 19.0 Å². The van der Waals surface area contributed by atoms with Crippen LogP contribution in [0.2, 0.25) is 10.0 Å². The summed E-state index contributed by atoms with van der Waals surface area (Å²) in [5, 5.41) is 1.07. The molecule has 0 bridgehead atoms. The van der Waals surface area contributed by atoms with Gasteiger partial charge in [0.15, 0.2) is 0 Å². The molecule has 0 saturated heterocycles. The van der Waals surface area contributed by atoms with E-state index in [0.717, 1.165) is 0 Å². The number of aryl methyl sites for hydroxylation is 1. The molecule has 0 radical (unpaired) electrons. The Labute approximate surface area is 135 Å². The molecule has 0 saturated carbocycles. The van der Waals surface area contributed by atoms with Gasteiger partial charge in [0.1, 0.15) is 0 Å². The monoisotopic (exact) mass is 428 g/mol. The molecule has 2 aromatic heterocycles. The van der Waals surface area contributed by atoms with E-state index in [2.05, 4.69) is 36.8 Å². The highest BCUT2D eigenvalue weighted by molar-refractivity contribution is 9.10. The van der Waals surface area contributed by atoms with Gasteiger partial charge in [0.2, 0.25) is 0 Å². The number of nitrogens with one attached hydrogen (secondary N) is 1. The summed E-state index contributed by atoms with van der Waals surface area (Å²) in [6.45, 7) is 0. The lowest BCUT2D eigenvalue weighted by Gasteiger charge is -1.97. The van der Waals surface area contributed by atoms with Crippen LogP contribution in [0.1, 0.15) is 0 Å². The van der Waals surface area contributed by atoms with Gasteiger partial charge in [-0.2, -0.15) is 0 Å². The maximum Gasteiger partial charge on any atom is 0.264 e. The van der Waals surface area contributed by atoms with Crippen LogP contribution in [0.25, 0.3) is 0 Å². The Bertz CT molecular complexity index is 672. The molecule has 4 nitrogen and oxygen atoms in total. The first kappa shape index (κ1) is 16.5. The number of nitrogens with zero attached hydrogens (tertiary/aromatic N) is 1. The van der Waals surface area contributed by atoms with Crippen molar-refractivity contribution in [1.29, 1.82) is 0 Å². The number of aromatic amines is 1. The summed E-state index contributed by atoms with van der Waals surface area (Å²) in [6.07, 6.45) is 3.00. The first-order valence-corrected chi connectivity index (χ1v) is 7.21. The van der Waals surface area contributed by atoms with E-state index in [9.17, 15) is 9.59 Å². The number of H-pyrrole nitrogens is 1. The van der Waals surface area contributed by atoms with Gasteiger partial charge in [-0.1, -0.05) is 23.2 Å². The summed E-state index contributed by atoms with van der Waals surface area (Å²) < 4.78 is 2.37. The first-order valence-electron chi connectivity index (χ1n) is 4.86. The summed E-state index contributed by atoms with van der Waals surface area (Å²) >= 11 is 17.2. The predicted molar refractivity (Wildman–Crippen MR) is 84.2 cm³/mol. The maximum atomic E-state index is 11.0. The summed E-state index contributed by atoms with van der Waals surface area (Å²) in [5.41, 5.74) is -0.246. The molecular weight excluding hydrogens is 423 g/mol. The first-order chi connectivity index (χ1) is 8.81. The van der Waals surface area contributed by atoms with E-state index in [4.69, 9.17) is 23.2 Å². The largest absolute Gasteiger partial charge is 0.327 e. The molecule has 0 aliphatic rings. The van der Waals surface area contributed by atoms with Crippen LogP contribution < -0.4 is 11.1 Å². The fraction of sp³-hybridized carbons (Fsp3) is 0.0909. The Morgan fingerprint density at radius 1 is 1.11 bits per heavy atom. The molecule has 102 valence electrons. The van der Waals surface area contributed by atoms with Crippen molar-refractivity contribution in [2.45, 2.75) is 0 Å². The minimum Gasteiger partial charge on any atom is -0.327 e. The Morgan fingerprint density at radius 2 is 1.68 bits per heavy atom. The Morgan fingerprint density at radius 3 is 2.16 bits per heavy atom. The Hall–Kier alpha value is -0.560. The number of aromatic nitrogens is 2. The van der Waals surface area contributed by atoms with Gasteiger partial charge < -0.3 is 9.55 Å². The van der Waals surface area contributed by atoms with Crippen molar-refractivity contribution in [3.05, 3.63) is 64.2 Å². The summed E-state index contributed by atoms with van der Waals surface area (Å²) in [5.74, 6) is 0. The normalized spacial score (nSPS) is 9.74. The molecule has 0 atom stereocenters. The number of rotatable bonds is 0. The fourth-order valence-corrected chi connectivity index (χ4v) is 2.63. The smallest absolute Gasteiger partial charge is 0.264 e. The molecule has 0 aliphatic heterocycles. The van der Waals surface area contributed by atoms with Crippen LogP contribution in [0.3, 0.4) is 0 Å². The zero-order chi connectivity index (χ0) is 14.6. The Balaban J connectivity index is 0.000000191. The lowest BCUT2D eigenvalue weighted by molar-refractivity contribution is 0.854. The molecule has 0 amide bonds. The number of pyridine rings is 2. The molecule has 0 spiro atoms. The quantitative estimate of drug-likeness (QED) is 0.694. The molecule has 0 fully saturated rings. The van der Waals surface area contributed by atoms with E-state index in [1.54, 1.807) is 25.4 Å². The standard InChI is InChI=1S/C6H5BrClNO.C5H3BrClNO/c1-9-3-4(8)2-5(7)6(9)10;6-4-1-3(7)2-8-5(4)9/h2-3H,1H3;1-2H,(H,8,9). The van der Waals surface area contributed by atoms with Crippen LogP contribution in [0.15, 0.2) is 43.1 Å². The molecule has 2 rings (SSSR count). The Kier molecular flexibility index (Phi) is 6.32. The second-order valence-corrected chi connectivity index (χ2v) is 6.00. The third-order valence-electron chi connectivity index (χ3n) is 1.93. The van der Waals surface area contributed by atoms with E-state index in [1.165, 1.54) is 10.8 Å². The van der Waals surface area contributed by atoms with Crippen molar-refractivity contribution in [3.8, 4) is 0 Å². The van der Waals surface area contributed by atoms with E-state index >= 15 is 0 Å². The third-order valence-corrected chi connectivity index (χ3v) is 3.51. The lowest BCUT2D eigenvalue weighted by atomic mass is 10.5. The summed E-state index contributed by atoms with van der Waals surface area (Å²) in [7, 11) is 1.65. The minimum absolute atomic E-state index is 0.0793. The highest BCUT2D eigenvalue weighted by atomic mass is 79.9. The van der Waals surface area contributed by atoms with Crippen molar-refractivity contribution >= 4 is 55.1 Å². The zero-order valence-electron chi connectivity index (χ0n) is 9.58. The summed E-state index contributed by atoms with van der Waals surface area (Å²) in [4.78, 5) is 24.0. The van der Waals surface area contributed by atoms with Gasteiger partial charge in [-0.05, 0) is 44.0 Å². The maximum absolute atomic E-state index is 11.0. The SMILES string of the molecule is Cn1cc(Cl)cc(Br)c1=O.O=c1[nH]cc(Cl)cc1Br. The van der Waals surface area contributed by atoms with Crippen LogP contribution in [-0.4, -0.2) is 9.55 Å². The molecule has 0 unspecified atom stereocenters. The van der Waals surface area contributed by atoms with E-state index in [0.29, 0.717) is 19.0 Å². The third kappa shape index (κ3) is 5.14. The molecule has 8 heteroatoms. The van der Waals surface area contributed by atoms with Crippen LogP contribution in [-0.2, 0) is 7.05 Å². The predicted octanol–water partition coefficient (Wildman–Crippen LogP) is 3.59. The van der Waals surface area contributed by atoms with Gasteiger partial charge in [-0.3, -0.25) is 9.59 Å². The van der Waals surface area contributed by atoms with E-state index in [1.807, 2.05) is 0 Å². The van der Waals surface area contributed by atoms with Crippen LogP contribution in [0.5, 0.6) is 0 Å². The second-order valence-electron chi connectivity index (χ2n) is 3.42. The van der Waals surface area contributed by atoms with Crippen molar-refractivity contribution in [2.75, 3.05) is 0 Å². The molecule has 19 heavy (non-hydrogen) atoms. The van der Waals surface area contributed by atoms with Gasteiger partial charge in [0.25, 0.3) is 11.1 Å². The summed E-state index contributed by atoms with van der Waals surface area (Å²) in [6, 6.07) is 3.12. The number of halogens is 4. The average Bonchev–Trinajstić information content (AvgIpc) is 2.32. The van der Waals surface area contributed by atoms with Crippen molar-refractivity contribution in [1.82, 2.24) is 9.55 Å². The molecule has 0 aliphatic carbocycles. The molecule has 1 N–H and O–H groups in total. The number of hydrogen-bond acceptors (Lipinski definition) is 2. The van der Waals surface area contributed by atoms with Crippen molar-refractivity contribution in [2.24, 2.45) is 7.05 Å². The molecule has 2 aromatic rings. The van der Waals surface area contributed by atoms with Crippen LogP contribution in [0, 0.1) is 0 Å². The van der Waals surface area contributed by atoms with Gasteiger partial charge in [-0.25, -0.2) is 0 Å². The second kappa shape index (κ2) is 7.28. The van der Waals surface area contributed by atoms with Gasteiger partial charge >= 0.3 is 0 Å². The topological polar surface area (TPSA) is 54.9 Å². The average molecular weight is 431 g/mol. The van der Waals surface area contributed by atoms with E-state index < -0.39 is 0 Å². The molecule has 0 aromatic carbocycles. The van der Waals surface area contributed by atoms with Crippen LogP contribution in [0.4, 0.5) is 0 Å². The van der Waals surface area contributed by atoms with Gasteiger partial charge in [-0.15, -0.1) is 0 Å². The minimum atomic E-state index is -0.167. The highest BCUT2D eigenvalue weighted by Gasteiger charge is 1.97. The van der Waals surface area contributed by atoms with Crippen LogP contribution >= 0.6 is 55.1 Å². The fourth-order valence-electron chi connectivity index (χ4n) is 1.06. The van der Waals surface area contributed by atoms with E-state index in [-0.39, 0.29) is 11.1 Å². The van der Waals surface area contributed by atoms with Crippen molar-refractivity contribution < 1.29 is 0 Å². The van der Waals surface area contributed by atoms with Gasteiger partial charge in [0, 0.05) is 19.4 Å². The number of hydrogen-bond donors (Lipinski definition) is 1.